The quantitative estimate of drug-likeness (QED) is 0.789. The van der Waals surface area contributed by atoms with Gasteiger partial charge in [0.05, 0.1) is 12.1 Å². The Labute approximate surface area is 128 Å². The van der Waals surface area contributed by atoms with Crippen LogP contribution < -0.4 is 5.32 Å². The lowest BCUT2D eigenvalue weighted by Crippen LogP contribution is -2.14. The molecule has 0 fully saturated rings. The van der Waals surface area contributed by atoms with Crippen molar-refractivity contribution in [3.8, 4) is 0 Å². The first-order valence-electron chi connectivity index (χ1n) is 6.29. The first-order chi connectivity index (χ1) is 10.1. The van der Waals surface area contributed by atoms with Crippen LogP contribution in [0.15, 0.2) is 53.3 Å². The van der Waals surface area contributed by atoms with Gasteiger partial charge in [0, 0.05) is 22.6 Å². The van der Waals surface area contributed by atoms with E-state index >= 15 is 0 Å². The SMILES string of the molecule is O=C(Cc1cn2cc(F)ccc2n1)Nc1ccc(Br)cc1. The summed E-state index contributed by atoms with van der Waals surface area (Å²) in [4.78, 5) is 16.2. The maximum atomic E-state index is 13.1. The van der Waals surface area contributed by atoms with E-state index in [0.717, 1.165) is 10.2 Å². The summed E-state index contributed by atoms with van der Waals surface area (Å²) in [6.07, 6.45) is 3.12. The van der Waals surface area contributed by atoms with Crippen LogP contribution in [0.5, 0.6) is 0 Å². The topological polar surface area (TPSA) is 46.4 Å². The molecule has 6 heteroatoms. The van der Waals surface area contributed by atoms with Gasteiger partial charge in [-0.1, -0.05) is 15.9 Å². The number of nitrogens with one attached hydrogen (secondary N) is 1. The van der Waals surface area contributed by atoms with E-state index in [0.29, 0.717) is 11.3 Å². The molecule has 0 aliphatic rings. The lowest BCUT2D eigenvalue weighted by Gasteiger charge is -2.03. The van der Waals surface area contributed by atoms with E-state index in [2.05, 4.69) is 26.2 Å². The normalized spacial score (nSPS) is 10.8. The van der Waals surface area contributed by atoms with Gasteiger partial charge in [0.2, 0.25) is 5.91 Å². The summed E-state index contributed by atoms with van der Waals surface area (Å²) in [5.41, 5.74) is 1.93. The number of hydrogen-bond acceptors (Lipinski definition) is 2. The van der Waals surface area contributed by atoms with Crippen molar-refractivity contribution in [3.05, 3.63) is 64.8 Å². The van der Waals surface area contributed by atoms with E-state index in [-0.39, 0.29) is 18.1 Å². The second-order valence-electron chi connectivity index (χ2n) is 4.58. The maximum absolute atomic E-state index is 13.1. The Balaban J connectivity index is 1.72. The van der Waals surface area contributed by atoms with Crippen LogP contribution in [0, 0.1) is 5.82 Å². The third kappa shape index (κ3) is 3.28. The number of benzene rings is 1. The van der Waals surface area contributed by atoms with E-state index in [1.165, 1.54) is 12.3 Å². The number of pyridine rings is 1. The van der Waals surface area contributed by atoms with E-state index in [1.807, 2.05) is 12.1 Å². The van der Waals surface area contributed by atoms with E-state index < -0.39 is 0 Å². The van der Waals surface area contributed by atoms with Crippen LogP contribution >= 0.6 is 15.9 Å². The monoisotopic (exact) mass is 347 g/mol. The third-order valence-corrected chi connectivity index (χ3v) is 3.46. The van der Waals surface area contributed by atoms with Gasteiger partial charge in [-0.3, -0.25) is 4.79 Å². The highest BCUT2D eigenvalue weighted by Crippen LogP contribution is 2.14. The third-order valence-electron chi connectivity index (χ3n) is 2.93. The van der Waals surface area contributed by atoms with Crippen molar-refractivity contribution in [2.24, 2.45) is 0 Å². The molecule has 0 aliphatic heterocycles. The van der Waals surface area contributed by atoms with Crippen LogP contribution in [0.25, 0.3) is 5.65 Å². The van der Waals surface area contributed by atoms with Crippen LogP contribution in [-0.2, 0) is 11.2 Å². The Kier molecular flexibility index (Phi) is 3.70. The van der Waals surface area contributed by atoms with Crippen molar-refractivity contribution < 1.29 is 9.18 Å². The molecule has 106 valence electrons. The molecule has 0 radical (unpaired) electrons. The van der Waals surface area contributed by atoms with E-state index in [1.54, 1.807) is 28.8 Å². The van der Waals surface area contributed by atoms with E-state index in [9.17, 15) is 9.18 Å². The minimum atomic E-state index is -0.342. The number of hydrogen-bond donors (Lipinski definition) is 1. The van der Waals surface area contributed by atoms with Crippen LogP contribution in [0.3, 0.4) is 0 Å². The Hall–Kier alpha value is -2.21. The van der Waals surface area contributed by atoms with Crippen molar-refractivity contribution in [3.63, 3.8) is 0 Å². The molecule has 4 nitrogen and oxygen atoms in total. The first-order valence-corrected chi connectivity index (χ1v) is 7.08. The van der Waals surface area contributed by atoms with Gasteiger partial charge in [-0.15, -0.1) is 0 Å². The van der Waals surface area contributed by atoms with Crippen molar-refractivity contribution in [1.82, 2.24) is 9.38 Å². The Bertz CT molecular complexity index is 798. The molecule has 0 aliphatic carbocycles. The van der Waals surface area contributed by atoms with Crippen molar-refractivity contribution in [2.75, 3.05) is 5.32 Å². The zero-order valence-electron chi connectivity index (χ0n) is 10.9. The van der Waals surface area contributed by atoms with Gasteiger partial charge in [0.25, 0.3) is 0 Å². The molecule has 0 spiro atoms. The summed E-state index contributed by atoms with van der Waals surface area (Å²) < 4.78 is 15.6. The number of halogens is 2. The predicted molar refractivity (Wildman–Crippen MR) is 81.6 cm³/mol. The average molecular weight is 348 g/mol. The largest absolute Gasteiger partial charge is 0.326 e. The Morgan fingerprint density at radius 1 is 1.19 bits per heavy atom. The number of rotatable bonds is 3. The van der Waals surface area contributed by atoms with Crippen LogP contribution in [0.4, 0.5) is 10.1 Å². The summed E-state index contributed by atoms with van der Waals surface area (Å²) in [5.74, 6) is -0.507. The van der Waals surface area contributed by atoms with Crippen molar-refractivity contribution in [1.29, 1.82) is 0 Å². The van der Waals surface area contributed by atoms with Gasteiger partial charge >= 0.3 is 0 Å². The summed E-state index contributed by atoms with van der Waals surface area (Å²) in [7, 11) is 0. The number of amides is 1. The van der Waals surface area contributed by atoms with Crippen molar-refractivity contribution in [2.45, 2.75) is 6.42 Å². The molecule has 2 aromatic heterocycles. The number of carbonyl (C=O) groups is 1. The number of imidazole rings is 1. The molecule has 1 N–H and O–H groups in total. The fraction of sp³-hybridized carbons (Fsp3) is 0.0667. The molecule has 1 amide bonds. The van der Waals surface area contributed by atoms with Gasteiger partial charge in [-0.25, -0.2) is 9.37 Å². The van der Waals surface area contributed by atoms with Gasteiger partial charge in [-0.05, 0) is 36.4 Å². The molecule has 0 saturated carbocycles. The number of aromatic nitrogens is 2. The van der Waals surface area contributed by atoms with Crippen molar-refractivity contribution >= 4 is 33.2 Å². The molecular weight excluding hydrogens is 337 g/mol. The Morgan fingerprint density at radius 3 is 2.71 bits per heavy atom. The lowest BCUT2D eigenvalue weighted by atomic mass is 10.3. The number of anilines is 1. The molecule has 2 heterocycles. The fourth-order valence-electron chi connectivity index (χ4n) is 2.01. The first kappa shape index (κ1) is 13.8. The van der Waals surface area contributed by atoms with Crippen LogP contribution in [-0.4, -0.2) is 15.3 Å². The minimum absolute atomic E-state index is 0.138. The predicted octanol–water partition coefficient (Wildman–Crippen LogP) is 3.42. The summed E-state index contributed by atoms with van der Waals surface area (Å²) >= 11 is 3.33. The smallest absolute Gasteiger partial charge is 0.230 e. The molecule has 1 aromatic carbocycles. The standard InChI is InChI=1S/C15H11BrFN3O/c16-10-1-4-12(5-2-10)19-15(21)7-13-9-20-8-11(17)3-6-14(20)18-13/h1-6,8-9H,7H2,(H,19,21). The molecule has 21 heavy (non-hydrogen) atoms. The maximum Gasteiger partial charge on any atom is 0.230 e. The van der Waals surface area contributed by atoms with Crippen LogP contribution in [0.1, 0.15) is 5.69 Å². The highest BCUT2D eigenvalue weighted by Gasteiger charge is 2.08. The van der Waals surface area contributed by atoms with E-state index in [4.69, 9.17) is 0 Å². The minimum Gasteiger partial charge on any atom is -0.326 e. The zero-order valence-corrected chi connectivity index (χ0v) is 12.5. The molecule has 3 rings (SSSR count). The van der Waals surface area contributed by atoms with Gasteiger partial charge in [0.1, 0.15) is 11.5 Å². The van der Waals surface area contributed by atoms with Gasteiger partial charge < -0.3 is 9.72 Å². The van der Waals surface area contributed by atoms with Gasteiger partial charge in [-0.2, -0.15) is 0 Å². The Morgan fingerprint density at radius 2 is 1.95 bits per heavy atom. The number of fused-ring (bicyclic) bond motifs is 1. The number of nitrogens with zero attached hydrogens (tertiary/aromatic N) is 2. The summed E-state index contributed by atoms with van der Waals surface area (Å²) in [6, 6.07) is 10.2. The average Bonchev–Trinajstić information content (AvgIpc) is 2.82. The van der Waals surface area contributed by atoms with Crippen LogP contribution in [0.2, 0.25) is 0 Å². The molecule has 0 unspecified atom stereocenters. The molecule has 0 bridgehead atoms. The highest BCUT2D eigenvalue weighted by molar-refractivity contribution is 9.10. The second-order valence-corrected chi connectivity index (χ2v) is 5.49. The second kappa shape index (κ2) is 5.65. The highest BCUT2D eigenvalue weighted by atomic mass is 79.9. The number of carbonyl (C=O) groups excluding carboxylic acids is 1. The molecular formula is C15H11BrFN3O. The lowest BCUT2D eigenvalue weighted by molar-refractivity contribution is -0.115. The zero-order chi connectivity index (χ0) is 14.8. The molecule has 0 saturated heterocycles. The summed E-state index contributed by atoms with van der Waals surface area (Å²) in [5, 5.41) is 2.79. The summed E-state index contributed by atoms with van der Waals surface area (Å²) in [6.45, 7) is 0. The molecule has 0 atom stereocenters. The fourth-order valence-corrected chi connectivity index (χ4v) is 2.27. The van der Waals surface area contributed by atoms with Gasteiger partial charge in [0.15, 0.2) is 0 Å². The molecule has 3 aromatic rings.